The summed E-state index contributed by atoms with van der Waals surface area (Å²) >= 11 is 0. The van der Waals surface area contributed by atoms with Crippen molar-refractivity contribution in [3.8, 4) is 0 Å². The van der Waals surface area contributed by atoms with Crippen molar-refractivity contribution < 1.29 is 9.59 Å². The largest absolute Gasteiger partial charge is 0.347 e. The third-order valence-corrected chi connectivity index (χ3v) is 4.25. The topological polar surface area (TPSA) is 49.4 Å². The molecular weight excluding hydrogens is 228 g/mol. The predicted octanol–water partition coefficient (Wildman–Crippen LogP) is 1.55. The lowest BCUT2D eigenvalue weighted by Crippen LogP contribution is -2.36. The van der Waals surface area contributed by atoms with Crippen LogP contribution in [0.5, 0.6) is 0 Å². The first-order chi connectivity index (χ1) is 8.65. The summed E-state index contributed by atoms with van der Waals surface area (Å²) in [5.74, 6) is 1.68. The number of nitrogens with zero attached hydrogens (tertiary/aromatic N) is 1. The van der Waals surface area contributed by atoms with Gasteiger partial charge in [0.15, 0.2) is 0 Å². The van der Waals surface area contributed by atoms with Gasteiger partial charge in [0.2, 0.25) is 11.8 Å². The Morgan fingerprint density at radius 1 is 1.33 bits per heavy atom. The van der Waals surface area contributed by atoms with Gasteiger partial charge in [-0.2, -0.15) is 0 Å². The standard InChI is InChI=1S/C14H24N2O2/c1-11-3-2-4-12(9-11)5-7-16-8-6-13(17)15-10-14(16)18/h11-12H,2-10H2,1H3,(H,15,17). The highest BCUT2D eigenvalue weighted by Crippen LogP contribution is 2.30. The van der Waals surface area contributed by atoms with Gasteiger partial charge in [-0.15, -0.1) is 0 Å². The number of hydrogen-bond acceptors (Lipinski definition) is 2. The second-order valence-corrected chi connectivity index (χ2v) is 5.83. The van der Waals surface area contributed by atoms with Crippen molar-refractivity contribution in [3.63, 3.8) is 0 Å². The summed E-state index contributed by atoms with van der Waals surface area (Å²) < 4.78 is 0. The summed E-state index contributed by atoms with van der Waals surface area (Å²) in [6.07, 6.45) is 6.86. The smallest absolute Gasteiger partial charge is 0.241 e. The molecule has 1 N–H and O–H groups in total. The van der Waals surface area contributed by atoms with E-state index in [0.29, 0.717) is 13.0 Å². The normalized spacial score (nSPS) is 29.9. The fourth-order valence-electron chi connectivity index (χ4n) is 3.13. The number of nitrogens with one attached hydrogen (secondary N) is 1. The van der Waals surface area contributed by atoms with Crippen molar-refractivity contribution in [1.29, 1.82) is 0 Å². The number of hydrogen-bond donors (Lipinski definition) is 1. The van der Waals surface area contributed by atoms with Crippen molar-refractivity contribution in [2.24, 2.45) is 11.8 Å². The van der Waals surface area contributed by atoms with E-state index in [1.807, 2.05) is 4.90 Å². The molecular formula is C14H24N2O2. The van der Waals surface area contributed by atoms with E-state index in [1.165, 1.54) is 25.7 Å². The van der Waals surface area contributed by atoms with E-state index in [-0.39, 0.29) is 18.4 Å². The van der Waals surface area contributed by atoms with Gasteiger partial charge in [-0.05, 0) is 24.7 Å². The maximum absolute atomic E-state index is 11.8. The van der Waals surface area contributed by atoms with Crippen LogP contribution in [0.4, 0.5) is 0 Å². The zero-order chi connectivity index (χ0) is 13.0. The van der Waals surface area contributed by atoms with Gasteiger partial charge in [-0.25, -0.2) is 0 Å². The Balaban J connectivity index is 1.77. The predicted molar refractivity (Wildman–Crippen MR) is 69.9 cm³/mol. The summed E-state index contributed by atoms with van der Waals surface area (Å²) in [5.41, 5.74) is 0. The SMILES string of the molecule is CC1CCCC(CCN2CCC(=O)NCC2=O)C1. The summed E-state index contributed by atoms with van der Waals surface area (Å²) in [6.45, 7) is 3.92. The summed E-state index contributed by atoms with van der Waals surface area (Å²) in [4.78, 5) is 24.9. The van der Waals surface area contributed by atoms with Crippen molar-refractivity contribution >= 4 is 11.8 Å². The van der Waals surface area contributed by atoms with Crippen molar-refractivity contribution in [1.82, 2.24) is 10.2 Å². The van der Waals surface area contributed by atoms with E-state index in [1.54, 1.807) is 0 Å². The summed E-state index contributed by atoms with van der Waals surface area (Å²) in [6, 6.07) is 0. The van der Waals surface area contributed by atoms with Crippen LogP contribution in [0.15, 0.2) is 0 Å². The van der Waals surface area contributed by atoms with E-state index in [2.05, 4.69) is 12.2 Å². The van der Waals surface area contributed by atoms with Crippen molar-refractivity contribution in [3.05, 3.63) is 0 Å². The molecule has 1 aliphatic carbocycles. The average Bonchev–Trinajstić information content (AvgIpc) is 2.50. The molecule has 1 heterocycles. The Labute approximate surface area is 109 Å². The van der Waals surface area contributed by atoms with Gasteiger partial charge < -0.3 is 10.2 Å². The van der Waals surface area contributed by atoms with Crippen LogP contribution in [0.2, 0.25) is 0 Å². The molecule has 2 rings (SSSR count). The Hall–Kier alpha value is -1.06. The molecule has 0 radical (unpaired) electrons. The third-order valence-electron chi connectivity index (χ3n) is 4.25. The zero-order valence-electron chi connectivity index (χ0n) is 11.3. The highest BCUT2D eigenvalue weighted by molar-refractivity contribution is 5.87. The third kappa shape index (κ3) is 3.72. The molecule has 1 aliphatic heterocycles. The van der Waals surface area contributed by atoms with Crippen LogP contribution < -0.4 is 5.32 Å². The Bertz CT molecular complexity index is 317. The molecule has 4 nitrogen and oxygen atoms in total. The first-order valence-corrected chi connectivity index (χ1v) is 7.19. The second kappa shape index (κ2) is 6.21. The maximum atomic E-state index is 11.8. The molecule has 0 spiro atoms. The molecule has 2 fully saturated rings. The molecule has 1 saturated heterocycles. The Kier molecular flexibility index (Phi) is 4.61. The minimum absolute atomic E-state index is 0.00265. The Morgan fingerprint density at radius 2 is 2.17 bits per heavy atom. The van der Waals surface area contributed by atoms with E-state index in [9.17, 15) is 9.59 Å². The highest BCUT2D eigenvalue weighted by atomic mass is 16.2. The molecule has 1 saturated carbocycles. The van der Waals surface area contributed by atoms with Gasteiger partial charge >= 0.3 is 0 Å². The molecule has 2 amide bonds. The van der Waals surface area contributed by atoms with Gasteiger partial charge in [0.1, 0.15) is 0 Å². The van der Waals surface area contributed by atoms with Crippen LogP contribution in [0.1, 0.15) is 45.4 Å². The lowest BCUT2D eigenvalue weighted by atomic mass is 9.81. The monoisotopic (exact) mass is 252 g/mol. The molecule has 0 aromatic carbocycles. The molecule has 102 valence electrons. The van der Waals surface area contributed by atoms with E-state index < -0.39 is 0 Å². The lowest BCUT2D eigenvalue weighted by Gasteiger charge is -2.29. The van der Waals surface area contributed by atoms with E-state index in [0.717, 1.165) is 24.8 Å². The van der Waals surface area contributed by atoms with Crippen LogP contribution in [-0.2, 0) is 9.59 Å². The quantitative estimate of drug-likeness (QED) is 0.828. The first kappa shape index (κ1) is 13.4. The molecule has 0 bridgehead atoms. The van der Waals surface area contributed by atoms with E-state index >= 15 is 0 Å². The fraction of sp³-hybridized carbons (Fsp3) is 0.857. The molecule has 2 unspecified atom stereocenters. The second-order valence-electron chi connectivity index (χ2n) is 5.83. The molecule has 2 aliphatic rings. The molecule has 18 heavy (non-hydrogen) atoms. The van der Waals surface area contributed by atoms with Gasteiger partial charge in [-0.1, -0.05) is 26.2 Å². The number of rotatable bonds is 3. The van der Waals surface area contributed by atoms with Gasteiger partial charge in [0, 0.05) is 19.5 Å². The van der Waals surface area contributed by atoms with Crippen LogP contribution in [0.25, 0.3) is 0 Å². The maximum Gasteiger partial charge on any atom is 0.241 e. The lowest BCUT2D eigenvalue weighted by molar-refractivity contribution is -0.130. The summed E-state index contributed by atoms with van der Waals surface area (Å²) in [7, 11) is 0. The van der Waals surface area contributed by atoms with Gasteiger partial charge in [0.25, 0.3) is 0 Å². The molecule has 4 heteroatoms. The molecule has 0 aromatic heterocycles. The zero-order valence-corrected chi connectivity index (χ0v) is 11.3. The van der Waals surface area contributed by atoms with Crippen LogP contribution in [0.3, 0.4) is 0 Å². The number of carbonyl (C=O) groups is 2. The molecule has 0 aromatic rings. The molecule has 2 atom stereocenters. The Morgan fingerprint density at radius 3 is 2.94 bits per heavy atom. The first-order valence-electron chi connectivity index (χ1n) is 7.19. The van der Waals surface area contributed by atoms with E-state index in [4.69, 9.17) is 0 Å². The van der Waals surface area contributed by atoms with Crippen LogP contribution in [0, 0.1) is 11.8 Å². The summed E-state index contributed by atoms with van der Waals surface area (Å²) in [5, 5.41) is 2.64. The average molecular weight is 252 g/mol. The van der Waals surface area contributed by atoms with Crippen LogP contribution >= 0.6 is 0 Å². The minimum atomic E-state index is -0.00265. The van der Waals surface area contributed by atoms with Gasteiger partial charge in [-0.3, -0.25) is 9.59 Å². The number of amides is 2. The highest BCUT2D eigenvalue weighted by Gasteiger charge is 2.23. The number of carbonyl (C=O) groups excluding carboxylic acids is 2. The fourth-order valence-corrected chi connectivity index (χ4v) is 3.13. The van der Waals surface area contributed by atoms with Crippen molar-refractivity contribution in [2.75, 3.05) is 19.6 Å². The van der Waals surface area contributed by atoms with Crippen LogP contribution in [-0.4, -0.2) is 36.3 Å². The minimum Gasteiger partial charge on any atom is -0.347 e. The van der Waals surface area contributed by atoms with Crippen molar-refractivity contribution in [2.45, 2.75) is 45.4 Å². The van der Waals surface area contributed by atoms with Gasteiger partial charge in [0.05, 0.1) is 6.54 Å².